The number of rotatable bonds is 2. The van der Waals surface area contributed by atoms with Gasteiger partial charge in [0.05, 0.1) is 11.6 Å². The van der Waals surface area contributed by atoms with Crippen LogP contribution < -0.4 is 0 Å². The fraction of sp³-hybridized carbons (Fsp3) is 0.375. The van der Waals surface area contributed by atoms with E-state index in [2.05, 4.69) is 6.07 Å². The maximum absolute atomic E-state index is 12.3. The molecule has 0 aliphatic carbocycles. The number of likely N-dealkylation sites (tertiary alicyclic amines) is 1. The Morgan fingerprint density at radius 2 is 2.00 bits per heavy atom. The Balaban J connectivity index is 1.83. The predicted molar refractivity (Wildman–Crippen MR) is 77.1 cm³/mol. The molecule has 0 saturated carbocycles. The van der Waals surface area contributed by atoms with Gasteiger partial charge in [-0.25, -0.2) is 0 Å². The number of hydrogen-bond donors (Lipinski definition) is 0. The normalized spacial score (nSPS) is 15.2. The van der Waals surface area contributed by atoms with Crippen molar-refractivity contribution in [3.63, 3.8) is 0 Å². The lowest BCUT2D eigenvalue weighted by atomic mass is 10.1. The largest absolute Gasteiger partial charge is 0.341 e. The molecule has 0 N–H and O–H groups in total. The quantitative estimate of drug-likeness (QED) is 0.839. The summed E-state index contributed by atoms with van der Waals surface area (Å²) in [5.41, 5.74) is 1.58. The highest BCUT2D eigenvalue weighted by atomic mass is 16.2. The van der Waals surface area contributed by atoms with Crippen LogP contribution in [-0.4, -0.2) is 28.5 Å². The Morgan fingerprint density at radius 3 is 2.75 bits per heavy atom. The smallest absolute Gasteiger partial charge is 0.242 e. The molecule has 20 heavy (non-hydrogen) atoms. The standard InChI is InChI=1S/C16H17N3O/c17-11-13-4-5-14-6-9-19(15(14)10-13)12-16(20)18-7-2-1-3-8-18/h4-6,9-10H,1-3,7-8,12H2. The maximum atomic E-state index is 12.3. The molecule has 102 valence electrons. The number of fused-ring (bicyclic) bond motifs is 1. The molecule has 1 aromatic carbocycles. The van der Waals surface area contributed by atoms with Gasteiger partial charge in [0, 0.05) is 24.8 Å². The average Bonchev–Trinajstić information content (AvgIpc) is 2.90. The van der Waals surface area contributed by atoms with Gasteiger partial charge in [0.15, 0.2) is 0 Å². The van der Waals surface area contributed by atoms with Crippen LogP contribution in [0.5, 0.6) is 0 Å². The van der Waals surface area contributed by atoms with Crippen molar-refractivity contribution in [2.75, 3.05) is 13.1 Å². The molecule has 2 heterocycles. The van der Waals surface area contributed by atoms with Gasteiger partial charge >= 0.3 is 0 Å². The lowest BCUT2D eigenvalue weighted by Gasteiger charge is -2.27. The molecule has 4 nitrogen and oxygen atoms in total. The van der Waals surface area contributed by atoms with Gasteiger partial charge < -0.3 is 9.47 Å². The van der Waals surface area contributed by atoms with E-state index in [9.17, 15) is 4.79 Å². The van der Waals surface area contributed by atoms with Crippen molar-refractivity contribution in [2.45, 2.75) is 25.8 Å². The van der Waals surface area contributed by atoms with Crippen molar-refractivity contribution in [2.24, 2.45) is 0 Å². The monoisotopic (exact) mass is 267 g/mol. The third-order valence-electron chi connectivity index (χ3n) is 3.92. The van der Waals surface area contributed by atoms with Crippen molar-refractivity contribution < 1.29 is 4.79 Å². The van der Waals surface area contributed by atoms with E-state index >= 15 is 0 Å². The molecule has 1 aliphatic heterocycles. The second-order valence-corrected chi connectivity index (χ2v) is 5.27. The molecule has 0 spiro atoms. The maximum Gasteiger partial charge on any atom is 0.242 e. The molecule has 1 fully saturated rings. The Labute approximate surface area is 118 Å². The molecular formula is C16H17N3O. The van der Waals surface area contributed by atoms with Crippen molar-refractivity contribution >= 4 is 16.8 Å². The number of nitrogens with zero attached hydrogens (tertiary/aromatic N) is 3. The van der Waals surface area contributed by atoms with Gasteiger partial charge in [-0.15, -0.1) is 0 Å². The number of piperidine rings is 1. The summed E-state index contributed by atoms with van der Waals surface area (Å²) in [7, 11) is 0. The first-order chi connectivity index (χ1) is 9.78. The minimum absolute atomic E-state index is 0.171. The summed E-state index contributed by atoms with van der Waals surface area (Å²) in [5.74, 6) is 0.171. The third-order valence-corrected chi connectivity index (χ3v) is 3.92. The van der Waals surface area contributed by atoms with E-state index in [1.54, 1.807) is 6.07 Å². The average molecular weight is 267 g/mol. The van der Waals surface area contributed by atoms with Crippen LogP contribution in [0.25, 0.3) is 10.9 Å². The van der Waals surface area contributed by atoms with E-state index in [0.29, 0.717) is 12.1 Å². The molecular weight excluding hydrogens is 250 g/mol. The van der Waals surface area contributed by atoms with Crippen LogP contribution in [0.1, 0.15) is 24.8 Å². The first kappa shape index (κ1) is 12.7. The molecule has 2 aromatic rings. The Kier molecular flexibility index (Phi) is 3.42. The molecule has 3 rings (SSSR count). The summed E-state index contributed by atoms with van der Waals surface area (Å²) >= 11 is 0. The number of benzene rings is 1. The lowest BCUT2D eigenvalue weighted by Crippen LogP contribution is -2.37. The lowest BCUT2D eigenvalue weighted by molar-refractivity contribution is -0.132. The summed E-state index contributed by atoms with van der Waals surface area (Å²) in [6.07, 6.45) is 5.36. The van der Waals surface area contributed by atoms with Crippen LogP contribution in [-0.2, 0) is 11.3 Å². The molecule has 0 bridgehead atoms. The van der Waals surface area contributed by atoms with E-state index in [0.717, 1.165) is 36.8 Å². The van der Waals surface area contributed by atoms with Crippen LogP contribution in [0.2, 0.25) is 0 Å². The topological polar surface area (TPSA) is 49.0 Å². The van der Waals surface area contributed by atoms with E-state index in [4.69, 9.17) is 5.26 Å². The van der Waals surface area contributed by atoms with Crippen molar-refractivity contribution in [3.8, 4) is 6.07 Å². The van der Waals surface area contributed by atoms with Gasteiger partial charge in [-0.3, -0.25) is 4.79 Å². The fourth-order valence-corrected chi connectivity index (χ4v) is 2.78. The van der Waals surface area contributed by atoms with E-state index in [-0.39, 0.29) is 5.91 Å². The van der Waals surface area contributed by atoms with E-state index < -0.39 is 0 Å². The number of aromatic nitrogens is 1. The van der Waals surface area contributed by atoms with Crippen molar-refractivity contribution in [1.82, 2.24) is 9.47 Å². The Hall–Kier alpha value is -2.28. The van der Waals surface area contributed by atoms with E-state index in [1.807, 2.05) is 33.9 Å². The molecule has 0 unspecified atom stereocenters. The zero-order valence-electron chi connectivity index (χ0n) is 11.4. The first-order valence-corrected chi connectivity index (χ1v) is 7.05. The molecule has 0 atom stereocenters. The summed E-state index contributed by atoms with van der Waals surface area (Å²) < 4.78 is 1.94. The highest BCUT2D eigenvalue weighted by molar-refractivity contribution is 5.84. The zero-order valence-corrected chi connectivity index (χ0v) is 11.4. The first-order valence-electron chi connectivity index (χ1n) is 7.05. The molecule has 1 saturated heterocycles. The summed E-state index contributed by atoms with van der Waals surface area (Å²) in [6, 6.07) is 9.71. The predicted octanol–water partition coefficient (Wildman–Crippen LogP) is 2.53. The number of nitriles is 1. The highest BCUT2D eigenvalue weighted by Crippen LogP contribution is 2.18. The molecule has 4 heteroatoms. The molecule has 0 radical (unpaired) electrons. The number of amides is 1. The number of carbonyl (C=O) groups is 1. The Morgan fingerprint density at radius 1 is 1.20 bits per heavy atom. The van der Waals surface area contributed by atoms with Crippen molar-refractivity contribution in [1.29, 1.82) is 5.26 Å². The summed E-state index contributed by atoms with van der Waals surface area (Å²) in [5, 5.41) is 10.0. The van der Waals surface area contributed by atoms with E-state index in [1.165, 1.54) is 6.42 Å². The highest BCUT2D eigenvalue weighted by Gasteiger charge is 2.17. The van der Waals surface area contributed by atoms with Crippen molar-refractivity contribution in [3.05, 3.63) is 36.0 Å². The summed E-state index contributed by atoms with van der Waals surface area (Å²) in [6.45, 7) is 2.11. The number of carbonyl (C=O) groups excluding carboxylic acids is 1. The van der Waals surface area contributed by atoms with Gasteiger partial charge in [-0.05, 0) is 42.8 Å². The van der Waals surface area contributed by atoms with Gasteiger partial charge in [-0.2, -0.15) is 5.26 Å². The van der Waals surface area contributed by atoms with Crippen LogP contribution in [0, 0.1) is 11.3 Å². The van der Waals surface area contributed by atoms with Crippen LogP contribution in [0.3, 0.4) is 0 Å². The zero-order chi connectivity index (χ0) is 13.9. The minimum atomic E-state index is 0.171. The van der Waals surface area contributed by atoms with Gasteiger partial charge in [-0.1, -0.05) is 6.07 Å². The minimum Gasteiger partial charge on any atom is -0.341 e. The third kappa shape index (κ3) is 2.39. The molecule has 1 amide bonds. The van der Waals surface area contributed by atoms with Crippen LogP contribution >= 0.6 is 0 Å². The fourth-order valence-electron chi connectivity index (χ4n) is 2.78. The summed E-state index contributed by atoms with van der Waals surface area (Å²) in [4.78, 5) is 14.3. The van der Waals surface area contributed by atoms with Gasteiger partial charge in [0.25, 0.3) is 0 Å². The molecule has 1 aromatic heterocycles. The Bertz CT molecular complexity index is 675. The van der Waals surface area contributed by atoms with Gasteiger partial charge in [0.2, 0.25) is 5.91 Å². The second-order valence-electron chi connectivity index (χ2n) is 5.27. The van der Waals surface area contributed by atoms with Crippen LogP contribution in [0.15, 0.2) is 30.5 Å². The number of hydrogen-bond acceptors (Lipinski definition) is 2. The van der Waals surface area contributed by atoms with Gasteiger partial charge in [0.1, 0.15) is 6.54 Å². The second kappa shape index (κ2) is 5.38. The van der Waals surface area contributed by atoms with Crippen LogP contribution in [0.4, 0.5) is 0 Å². The molecule has 1 aliphatic rings. The SMILES string of the molecule is N#Cc1ccc2ccn(CC(=O)N3CCCCC3)c2c1.